The van der Waals surface area contributed by atoms with E-state index in [-0.39, 0.29) is 17.7 Å². The average molecular weight is 300 g/mol. The molecule has 2 aliphatic heterocycles. The van der Waals surface area contributed by atoms with Gasteiger partial charge in [-0.15, -0.1) is 0 Å². The minimum atomic E-state index is 0.111. The summed E-state index contributed by atoms with van der Waals surface area (Å²) >= 11 is 0. The Kier molecular flexibility index (Phi) is 4.46. The number of rotatable bonds is 2. The second-order valence-electron chi connectivity index (χ2n) is 6.50. The molecule has 1 saturated heterocycles. The van der Waals surface area contributed by atoms with Crippen LogP contribution in [0.3, 0.4) is 0 Å². The highest BCUT2D eigenvalue weighted by atomic mass is 16.2. The normalized spacial score (nSPS) is 21.8. The summed E-state index contributed by atoms with van der Waals surface area (Å²) in [7, 11) is 0. The SMILES string of the molecule is Cc1cccc2c1N(C(=O)CC1CCC(=O)NC1)CCCC2. The van der Waals surface area contributed by atoms with Gasteiger partial charge in [0.1, 0.15) is 0 Å². The zero-order valence-corrected chi connectivity index (χ0v) is 13.2. The van der Waals surface area contributed by atoms with Gasteiger partial charge in [0.05, 0.1) is 0 Å². The van der Waals surface area contributed by atoms with Crippen LogP contribution in [-0.2, 0) is 16.0 Å². The highest BCUT2D eigenvalue weighted by molar-refractivity contribution is 5.95. The lowest BCUT2D eigenvalue weighted by molar-refractivity contribution is -0.125. The molecule has 0 radical (unpaired) electrons. The first-order valence-corrected chi connectivity index (χ1v) is 8.30. The van der Waals surface area contributed by atoms with Crippen molar-refractivity contribution < 1.29 is 9.59 Å². The van der Waals surface area contributed by atoms with Crippen molar-refractivity contribution >= 4 is 17.5 Å². The zero-order chi connectivity index (χ0) is 15.5. The Hall–Kier alpha value is -1.84. The fourth-order valence-electron chi connectivity index (χ4n) is 3.57. The zero-order valence-electron chi connectivity index (χ0n) is 13.2. The van der Waals surface area contributed by atoms with Gasteiger partial charge in [-0.05, 0) is 49.7 Å². The third-order valence-electron chi connectivity index (χ3n) is 4.80. The van der Waals surface area contributed by atoms with Crippen LogP contribution in [0.15, 0.2) is 18.2 Å². The van der Waals surface area contributed by atoms with Crippen molar-refractivity contribution in [2.45, 2.75) is 45.4 Å². The lowest BCUT2D eigenvalue weighted by Crippen LogP contribution is -2.39. The molecule has 1 aromatic carbocycles. The van der Waals surface area contributed by atoms with Gasteiger partial charge in [-0.1, -0.05) is 18.2 Å². The molecule has 4 heteroatoms. The van der Waals surface area contributed by atoms with Crippen LogP contribution in [0.25, 0.3) is 0 Å². The maximum absolute atomic E-state index is 12.8. The molecule has 2 aliphatic rings. The molecule has 0 aliphatic carbocycles. The summed E-state index contributed by atoms with van der Waals surface area (Å²) in [5.41, 5.74) is 3.61. The topological polar surface area (TPSA) is 49.4 Å². The molecule has 0 bridgehead atoms. The lowest BCUT2D eigenvalue weighted by atomic mass is 9.95. The molecular formula is C18H24N2O2. The molecule has 2 amide bonds. The fourth-order valence-corrected chi connectivity index (χ4v) is 3.57. The van der Waals surface area contributed by atoms with Gasteiger partial charge >= 0.3 is 0 Å². The minimum Gasteiger partial charge on any atom is -0.356 e. The number of carbonyl (C=O) groups is 2. The highest BCUT2D eigenvalue weighted by Gasteiger charge is 2.26. The summed E-state index contributed by atoms with van der Waals surface area (Å²) in [5.74, 6) is 0.596. The van der Waals surface area contributed by atoms with Crippen LogP contribution in [0.5, 0.6) is 0 Å². The number of aryl methyl sites for hydroxylation is 2. The first kappa shape index (κ1) is 15.1. The van der Waals surface area contributed by atoms with Crippen molar-refractivity contribution in [2.75, 3.05) is 18.0 Å². The number of carbonyl (C=O) groups excluding carboxylic acids is 2. The number of hydrogen-bond donors (Lipinski definition) is 1. The van der Waals surface area contributed by atoms with Crippen LogP contribution in [0.2, 0.25) is 0 Å². The van der Waals surface area contributed by atoms with Crippen molar-refractivity contribution in [1.82, 2.24) is 5.32 Å². The standard InChI is InChI=1S/C18H24N2O2/c1-13-5-4-7-15-6-2-3-10-20(18(13)15)17(22)11-14-8-9-16(21)19-12-14/h4-5,7,14H,2-3,6,8-12H2,1H3,(H,19,21). The highest BCUT2D eigenvalue weighted by Crippen LogP contribution is 2.31. The van der Waals surface area contributed by atoms with Crippen molar-refractivity contribution in [3.05, 3.63) is 29.3 Å². The van der Waals surface area contributed by atoms with Crippen LogP contribution < -0.4 is 10.2 Å². The number of piperidine rings is 1. The molecule has 118 valence electrons. The first-order chi connectivity index (χ1) is 10.6. The molecule has 3 rings (SSSR count). The van der Waals surface area contributed by atoms with Crippen molar-refractivity contribution in [2.24, 2.45) is 5.92 Å². The molecule has 1 atom stereocenters. The van der Waals surface area contributed by atoms with Crippen molar-refractivity contribution in [1.29, 1.82) is 0 Å². The maximum atomic E-state index is 12.8. The van der Waals surface area contributed by atoms with Gasteiger partial charge in [-0.2, -0.15) is 0 Å². The molecule has 1 unspecified atom stereocenters. The molecular weight excluding hydrogens is 276 g/mol. The molecule has 4 nitrogen and oxygen atoms in total. The van der Waals surface area contributed by atoms with E-state index in [0.29, 0.717) is 19.4 Å². The molecule has 0 spiro atoms. The van der Waals surface area contributed by atoms with Crippen LogP contribution in [0.4, 0.5) is 5.69 Å². The molecule has 0 saturated carbocycles. The van der Waals surface area contributed by atoms with E-state index >= 15 is 0 Å². The maximum Gasteiger partial charge on any atom is 0.227 e. The number of benzene rings is 1. The monoisotopic (exact) mass is 300 g/mol. The molecule has 1 N–H and O–H groups in total. The molecule has 1 aromatic rings. The second kappa shape index (κ2) is 6.51. The van der Waals surface area contributed by atoms with E-state index in [2.05, 4.69) is 30.4 Å². The second-order valence-corrected chi connectivity index (χ2v) is 6.50. The van der Waals surface area contributed by atoms with Gasteiger partial charge in [0, 0.05) is 31.6 Å². The number of amides is 2. The smallest absolute Gasteiger partial charge is 0.227 e. The Morgan fingerprint density at radius 3 is 2.95 bits per heavy atom. The summed E-state index contributed by atoms with van der Waals surface area (Å²) in [5, 5.41) is 2.87. The van der Waals surface area contributed by atoms with Gasteiger partial charge in [0.15, 0.2) is 0 Å². The predicted octanol–water partition coefficient (Wildman–Crippen LogP) is 2.58. The van der Waals surface area contributed by atoms with Crippen LogP contribution >= 0.6 is 0 Å². The number of nitrogens with one attached hydrogen (secondary N) is 1. The molecule has 22 heavy (non-hydrogen) atoms. The Morgan fingerprint density at radius 2 is 2.18 bits per heavy atom. The number of nitrogens with zero attached hydrogens (tertiary/aromatic N) is 1. The van der Waals surface area contributed by atoms with E-state index in [1.54, 1.807) is 0 Å². The number of fused-ring (bicyclic) bond motifs is 1. The Bertz CT molecular complexity index is 572. The Morgan fingerprint density at radius 1 is 1.32 bits per heavy atom. The summed E-state index contributed by atoms with van der Waals surface area (Å²) in [6.07, 6.45) is 5.16. The number of hydrogen-bond acceptors (Lipinski definition) is 2. The van der Waals surface area contributed by atoms with Gasteiger partial charge in [-0.25, -0.2) is 0 Å². The first-order valence-electron chi connectivity index (χ1n) is 8.30. The number of para-hydroxylation sites is 1. The summed E-state index contributed by atoms with van der Waals surface area (Å²) < 4.78 is 0. The van der Waals surface area contributed by atoms with E-state index in [9.17, 15) is 9.59 Å². The molecule has 2 heterocycles. The van der Waals surface area contributed by atoms with Crippen LogP contribution in [-0.4, -0.2) is 24.9 Å². The van der Waals surface area contributed by atoms with E-state index in [0.717, 1.165) is 37.9 Å². The molecule has 1 fully saturated rings. The van der Waals surface area contributed by atoms with E-state index < -0.39 is 0 Å². The summed E-state index contributed by atoms with van der Waals surface area (Å²) in [6, 6.07) is 6.32. The average Bonchev–Trinajstić information content (AvgIpc) is 2.73. The van der Waals surface area contributed by atoms with E-state index in [4.69, 9.17) is 0 Å². The molecule has 0 aromatic heterocycles. The van der Waals surface area contributed by atoms with Crippen molar-refractivity contribution in [3.8, 4) is 0 Å². The largest absolute Gasteiger partial charge is 0.356 e. The Labute approximate surface area is 131 Å². The number of anilines is 1. The van der Waals surface area contributed by atoms with Gasteiger partial charge in [-0.3, -0.25) is 9.59 Å². The quantitative estimate of drug-likeness (QED) is 0.912. The van der Waals surface area contributed by atoms with E-state index in [1.807, 2.05) is 4.90 Å². The summed E-state index contributed by atoms with van der Waals surface area (Å²) in [6.45, 7) is 3.54. The van der Waals surface area contributed by atoms with Crippen molar-refractivity contribution in [3.63, 3.8) is 0 Å². The minimum absolute atomic E-state index is 0.111. The van der Waals surface area contributed by atoms with Crippen LogP contribution in [0, 0.1) is 12.8 Å². The lowest BCUT2D eigenvalue weighted by Gasteiger charge is -2.28. The predicted molar refractivity (Wildman–Crippen MR) is 86.8 cm³/mol. The van der Waals surface area contributed by atoms with Gasteiger partial charge < -0.3 is 10.2 Å². The van der Waals surface area contributed by atoms with E-state index in [1.165, 1.54) is 11.1 Å². The van der Waals surface area contributed by atoms with Gasteiger partial charge in [0.2, 0.25) is 11.8 Å². The third-order valence-corrected chi connectivity index (χ3v) is 4.80. The van der Waals surface area contributed by atoms with Gasteiger partial charge in [0.25, 0.3) is 0 Å². The summed E-state index contributed by atoms with van der Waals surface area (Å²) in [4.78, 5) is 26.1. The van der Waals surface area contributed by atoms with Crippen LogP contribution in [0.1, 0.15) is 43.2 Å². The Balaban J connectivity index is 1.76. The third kappa shape index (κ3) is 3.16. The fraction of sp³-hybridized carbons (Fsp3) is 0.556.